The van der Waals surface area contributed by atoms with Gasteiger partial charge in [-0.3, -0.25) is 0 Å². The van der Waals surface area contributed by atoms with E-state index in [0.717, 1.165) is 56.2 Å². The van der Waals surface area contributed by atoms with Gasteiger partial charge in [-0.1, -0.05) is 140 Å². The largest absolute Gasteiger partial charge is 0.452 e. The minimum absolute atomic E-state index is 0.780. The molecule has 228 valence electrons. The number of hydrogen-bond donors (Lipinski definition) is 0. The normalized spacial score (nSPS) is 12.4. The molecular weight excluding hydrogens is 597 g/mol. The van der Waals surface area contributed by atoms with Crippen molar-refractivity contribution in [2.24, 2.45) is 0 Å². The van der Waals surface area contributed by atoms with Gasteiger partial charge in [-0.2, -0.15) is 0 Å². The third kappa shape index (κ3) is 3.77. The van der Waals surface area contributed by atoms with E-state index >= 15 is 0 Å². The first-order valence-corrected chi connectivity index (χ1v) is 16.9. The Balaban J connectivity index is 1.20. The zero-order valence-corrected chi connectivity index (χ0v) is 26.5. The van der Waals surface area contributed by atoms with Crippen LogP contribution >= 0.6 is 0 Å². The smallest absolute Gasteiger partial charge is 0.178 e. The van der Waals surface area contributed by atoms with E-state index in [-0.39, 0.29) is 0 Å². The van der Waals surface area contributed by atoms with Gasteiger partial charge in [0.1, 0.15) is 11.3 Å². The number of benzene rings is 8. The lowest BCUT2D eigenvalue weighted by Gasteiger charge is -2.19. The molecule has 0 N–H and O–H groups in total. The summed E-state index contributed by atoms with van der Waals surface area (Å²) in [5.74, 6) is 0.840. The Hall–Kier alpha value is -6.38. The van der Waals surface area contributed by atoms with Crippen molar-refractivity contribution in [1.82, 2.24) is 0 Å². The maximum atomic E-state index is 6.68. The molecule has 0 amide bonds. The second kappa shape index (κ2) is 10.1. The molecule has 1 aliphatic carbocycles. The summed E-state index contributed by atoms with van der Waals surface area (Å²) in [6.45, 7) is 0. The van der Waals surface area contributed by atoms with Gasteiger partial charge >= 0.3 is 0 Å². The molecule has 2 aromatic heterocycles. The van der Waals surface area contributed by atoms with Gasteiger partial charge < -0.3 is 8.83 Å². The molecule has 1 aliphatic rings. The molecule has 0 saturated carbocycles. The average molecular weight is 625 g/mol. The SMILES string of the molecule is c1ccc(-c2cc3ccc4c(oc5cccc(-c6c7ccccc7c(-c7cccc8c7Cc7ccccc7-8)c7ccccc67)c54)c3o2)cc1. The van der Waals surface area contributed by atoms with Gasteiger partial charge in [0.05, 0.1) is 0 Å². The van der Waals surface area contributed by atoms with E-state index in [2.05, 4.69) is 140 Å². The lowest BCUT2D eigenvalue weighted by molar-refractivity contribution is 0.611. The van der Waals surface area contributed by atoms with Crippen molar-refractivity contribution >= 4 is 54.5 Å². The molecule has 0 radical (unpaired) electrons. The first kappa shape index (κ1) is 26.7. The Morgan fingerprint density at radius 1 is 0.408 bits per heavy atom. The van der Waals surface area contributed by atoms with Crippen LogP contribution in [0.2, 0.25) is 0 Å². The third-order valence-corrected chi connectivity index (χ3v) is 10.5. The lowest BCUT2D eigenvalue weighted by Crippen LogP contribution is -1.94. The van der Waals surface area contributed by atoms with Gasteiger partial charge in [-0.05, 0) is 90.7 Å². The number of hydrogen-bond acceptors (Lipinski definition) is 2. The maximum absolute atomic E-state index is 6.68. The number of fused-ring (bicyclic) bond motifs is 10. The standard InChI is InChI=1S/C47H28O2/c1-2-12-28(13-3-1)42-27-30-24-25-39-45-38(22-11-23-41(45)48-47(39)46(30)49-42)44-35-18-8-6-16-33(35)43(34-17-7-9-19-36(34)44)37-21-10-20-32-31-15-5-4-14-29(31)26-40(32)37/h1-25,27H,26H2. The van der Waals surface area contributed by atoms with E-state index in [0.29, 0.717) is 0 Å². The highest BCUT2D eigenvalue weighted by Crippen LogP contribution is 2.50. The van der Waals surface area contributed by atoms with Crippen LogP contribution < -0.4 is 0 Å². The Morgan fingerprint density at radius 3 is 1.80 bits per heavy atom. The van der Waals surface area contributed by atoms with Gasteiger partial charge in [0.25, 0.3) is 0 Å². The van der Waals surface area contributed by atoms with E-state index in [9.17, 15) is 0 Å². The molecule has 11 rings (SSSR count). The zero-order chi connectivity index (χ0) is 32.1. The predicted octanol–water partition coefficient (Wildman–Crippen LogP) is 13.2. The minimum Gasteiger partial charge on any atom is -0.452 e. The predicted molar refractivity (Wildman–Crippen MR) is 203 cm³/mol. The van der Waals surface area contributed by atoms with Crippen molar-refractivity contribution in [2.45, 2.75) is 6.42 Å². The van der Waals surface area contributed by atoms with Gasteiger partial charge in [0, 0.05) is 21.7 Å². The summed E-state index contributed by atoms with van der Waals surface area (Å²) >= 11 is 0. The molecule has 8 aromatic carbocycles. The molecule has 0 aliphatic heterocycles. The highest BCUT2D eigenvalue weighted by atomic mass is 16.4. The summed E-state index contributed by atoms with van der Waals surface area (Å²) in [6, 6.07) is 56.7. The van der Waals surface area contributed by atoms with E-state index in [1.807, 2.05) is 18.2 Å². The second-order valence-corrected chi connectivity index (χ2v) is 13.1. The fraction of sp³-hybridized carbons (Fsp3) is 0.0213. The van der Waals surface area contributed by atoms with Crippen LogP contribution in [0.3, 0.4) is 0 Å². The van der Waals surface area contributed by atoms with Gasteiger partial charge in [-0.25, -0.2) is 0 Å². The maximum Gasteiger partial charge on any atom is 0.178 e. The molecular formula is C47H28O2. The summed E-state index contributed by atoms with van der Waals surface area (Å²) in [5, 5.41) is 8.18. The summed E-state index contributed by atoms with van der Waals surface area (Å²) in [6.07, 6.45) is 0.944. The van der Waals surface area contributed by atoms with Crippen LogP contribution in [0.25, 0.3) is 99.2 Å². The minimum atomic E-state index is 0.780. The monoisotopic (exact) mass is 624 g/mol. The van der Waals surface area contributed by atoms with Crippen LogP contribution in [0.4, 0.5) is 0 Å². The van der Waals surface area contributed by atoms with E-state index in [1.54, 1.807) is 0 Å². The van der Waals surface area contributed by atoms with Crippen LogP contribution in [0, 0.1) is 0 Å². The van der Waals surface area contributed by atoms with Crippen LogP contribution in [0.15, 0.2) is 167 Å². The fourth-order valence-corrected chi connectivity index (χ4v) is 8.43. The second-order valence-electron chi connectivity index (χ2n) is 13.1. The molecule has 10 aromatic rings. The van der Waals surface area contributed by atoms with Crippen molar-refractivity contribution in [3.8, 4) is 44.7 Å². The lowest BCUT2D eigenvalue weighted by atomic mass is 9.83. The fourth-order valence-electron chi connectivity index (χ4n) is 8.43. The van der Waals surface area contributed by atoms with E-state index in [4.69, 9.17) is 8.83 Å². The third-order valence-electron chi connectivity index (χ3n) is 10.5. The van der Waals surface area contributed by atoms with Crippen molar-refractivity contribution in [2.75, 3.05) is 0 Å². The van der Waals surface area contributed by atoms with Gasteiger partial charge in [0.15, 0.2) is 11.2 Å². The van der Waals surface area contributed by atoms with Crippen molar-refractivity contribution in [3.63, 3.8) is 0 Å². The molecule has 2 heteroatoms. The van der Waals surface area contributed by atoms with E-state index in [1.165, 1.54) is 60.5 Å². The number of rotatable bonds is 3. The molecule has 0 spiro atoms. The summed E-state index contributed by atoms with van der Waals surface area (Å²) < 4.78 is 13.2. The highest BCUT2D eigenvalue weighted by Gasteiger charge is 2.25. The Bertz CT molecular complexity index is 2900. The first-order valence-electron chi connectivity index (χ1n) is 16.9. The summed E-state index contributed by atoms with van der Waals surface area (Å²) in [4.78, 5) is 0. The van der Waals surface area contributed by atoms with Gasteiger partial charge in [-0.15, -0.1) is 0 Å². The molecule has 0 bridgehead atoms. The molecule has 2 nitrogen and oxygen atoms in total. The van der Waals surface area contributed by atoms with Gasteiger partial charge in [0.2, 0.25) is 0 Å². The first-order chi connectivity index (χ1) is 24.3. The topological polar surface area (TPSA) is 26.3 Å². The van der Waals surface area contributed by atoms with Crippen LogP contribution in [-0.2, 0) is 6.42 Å². The average Bonchev–Trinajstić information content (AvgIpc) is 3.88. The zero-order valence-electron chi connectivity index (χ0n) is 26.5. The molecule has 0 atom stereocenters. The van der Waals surface area contributed by atoms with Crippen molar-refractivity contribution < 1.29 is 8.83 Å². The van der Waals surface area contributed by atoms with Crippen LogP contribution in [0.5, 0.6) is 0 Å². The Labute approximate surface area is 282 Å². The summed E-state index contributed by atoms with van der Waals surface area (Å²) in [5.41, 5.74) is 14.0. The number of furan rings is 2. The highest BCUT2D eigenvalue weighted by molar-refractivity contribution is 6.27. The molecule has 49 heavy (non-hydrogen) atoms. The van der Waals surface area contributed by atoms with Crippen molar-refractivity contribution in [1.29, 1.82) is 0 Å². The molecule has 0 saturated heterocycles. The quantitative estimate of drug-likeness (QED) is 0.183. The van der Waals surface area contributed by atoms with Crippen molar-refractivity contribution in [3.05, 3.63) is 169 Å². The molecule has 0 unspecified atom stereocenters. The Kier molecular flexibility index (Phi) is 5.47. The van der Waals surface area contributed by atoms with Crippen LogP contribution in [-0.4, -0.2) is 0 Å². The van der Waals surface area contributed by atoms with Crippen LogP contribution in [0.1, 0.15) is 11.1 Å². The Morgan fingerprint density at radius 2 is 1.02 bits per heavy atom. The molecule has 2 heterocycles. The van der Waals surface area contributed by atoms with E-state index < -0.39 is 0 Å². The summed E-state index contributed by atoms with van der Waals surface area (Å²) in [7, 11) is 0. The molecule has 0 fully saturated rings.